The van der Waals surface area contributed by atoms with E-state index in [1.165, 1.54) is 0 Å². The molecular formula is C14H21ClO. The van der Waals surface area contributed by atoms with Crippen molar-refractivity contribution < 1.29 is 5.11 Å². The van der Waals surface area contributed by atoms with Gasteiger partial charge in [-0.25, -0.2) is 0 Å². The summed E-state index contributed by atoms with van der Waals surface area (Å²) in [6.45, 7) is 8.07. The van der Waals surface area contributed by atoms with E-state index in [1.54, 1.807) is 0 Å². The van der Waals surface area contributed by atoms with Crippen LogP contribution in [0.1, 0.15) is 38.3 Å². The molecule has 1 aromatic rings. The van der Waals surface area contributed by atoms with Crippen molar-refractivity contribution in [3.05, 3.63) is 34.3 Å². The summed E-state index contributed by atoms with van der Waals surface area (Å²) in [6.07, 6.45) is 1.58. The first-order valence-corrected chi connectivity index (χ1v) is 6.22. The van der Waals surface area contributed by atoms with Crippen LogP contribution in [0.25, 0.3) is 0 Å². The topological polar surface area (TPSA) is 20.2 Å². The molecule has 1 nitrogen and oxygen atoms in total. The van der Waals surface area contributed by atoms with Gasteiger partial charge in [0.15, 0.2) is 0 Å². The second-order valence-electron chi connectivity index (χ2n) is 4.94. The van der Waals surface area contributed by atoms with Crippen molar-refractivity contribution >= 4 is 11.6 Å². The van der Waals surface area contributed by atoms with Crippen LogP contribution in [0.5, 0.6) is 0 Å². The summed E-state index contributed by atoms with van der Waals surface area (Å²) in [4.78, 5) is 0. The molecule has 1 rings (SSSR count). The van der Waals surface area contributed by atoms with Gasteiger partial charge < -0.3 is 5.11 Å². The Morgan fingerprint density at radius 2 is 2.06 bits per heavy atom. The first-order valence-electron chi connectivity index (χ1n) is 5.84. The SMILES string of the molecule is CCC(C)C(C)(O)Cc1ccc(C)cc1Cl. The largest absolute Gasteiger partial charge is 0.390 e. The van der Waals surface area contributed by atoms with E-state index in [2.05, 4.69) is 13.8 Å². The molecule has 0 aromatic heterocycles. The molecule has 1 aromatic carbocycles. The lowest BCUT2D eigenvalue weighted by molar-refractivity contribution is 0.00518. The minimum absolute atomic E-state index is 0.268. The molecule has 0 aliphatic heterocycles. The molecular weight excluding hydrogens is 220 g/mol. The van der Waals surface area contributed by atoms with Gasteiger partial charge in [0.05, 0.1) is 5.60 Å². The van der Waals surface area contributed by atoms with E-state index in [9.17, 15) is 5.11 Å². The summed E-state index contributed by atoms with van der Waals surface area (Å²) in [5.41, 5.74) is 1.49. The van der Waals surface area contributed by atoms with Crippen molar-refractivity contribution in [2.75, 3.05) is 0 Å². The fraction of sp³-hybridized carbons (Fsp3) is 0.571. The zero-order valence-electron chi connectivity index (χ0n) is 10.5. The fourth-order valence-corrected chi connectivity index (χ4v) is 2.10. The smallest absolute Gasteiger partial charge is 0.0685 e. The van der Waals surface area contributed by atoms with Crippen LogP contribution in [0.2, 0.25) is 5.02 Å². The van der Waals surface area contributed by atoms with Gasteiger partial charge in [0.25, 0.3) is 0 Å². The van der Waals surface area contributed by atoms with Crippen LogP contribution in [0, 0.1) is 12.8 Å². The van der Waals surface area contributed by atoms with Crippen LogP contribution in [0.4, 0.5) is 0 Å². The van der Waals surface area contributed by atoms with Crippen molar-refractivity contribution in [2.45, 2.75) is 46.1 Å². The van der Waals surface area contributed by atoms with Gasteiger partial charge in [-0.2, -0.15) is 0 Å². The normalized spacial score (nSPS) is 16.9. The Morgan fingerprint density at radius 3 is 2.56 bits per heavy atom. The van der Waals surface area contributed by atoms with E-state index in [1.807, 2.05) is 32.0 Å². The summed E-state index contributed by atoms with van der Waals surface area (Å²) < 4.78 is 0. The maximum atomic E-state index is 10.4. The summed E-state index contributed by atoms with van der Waals surface area (Å²) in [6, 6.07) is 5.99. The summed E-state index contributed by atoms with van der Waals surface area (Å²) in [5, 5.41) is 11.1. The Morgan fingerprint density at radius 1 is 1.44 bits per heavy atom. The van der Waals surface area contributed by atoms with E-state index in [0.717, 1.165) is 22.6 Å². The first-order chi connectivity index (χ1) is 7.36. The van der Waals surface area contributed by atoms with Crippen LogP contribution in [-0.4, -0.2) is 10.7 Å². The lowest BCUT2D eigenvalue weighted by Gasteiger charge is -2.30. The van der Waals surface area contributed by atoms with Gasteiger partial charge in [-0.15, -0.1) is 0 Å². The average molecular weight is 241 g/mol. The molecule has 90 valence electrons. The summed E-state index contributed by atoms with van der Waals surface area (Å²) >= 11 is 6.17. The molecule has 0 aliphatic rings. The van der Waals surface area contributed by atoms with Crippen LogP contribution >= 0.6 is 11.6 Å². The minimum atomic E-state index is -0.687. The maximum absolute atomic E-state index is 10.4. The maximum Gasteiger partial charge on any atom is 0.0685 e. The van der Waals surface area contributed by atoms with Gasteiger partial charge in [-0.1, -0.05) is 44.0 Å². The number of aliphatic hydroxyl groups is 1. The molecule has 1 N–H and O–H groups in total. The first kappa shape index (κ1) is 13.5. The molecule has 0 aliphatic carbocycles. The van der Waals surface area contributed by atoms with Crippen LogP contribution in [-0.2, 0) is 6.42 Å². The standard InChI is InChI=1S/C14H21ClO/c1-5-11(3)14(4,16)9-12-7-6-10(2)8-13(12)15/h6-8,11,16H,5,9H2,1-4H3. The third-order valence-electron chi connectivity index (χ3n) is 3.43. The Balaban J connectivity index is 2.87. The van der Waals surface area contributed by atoms with E-state index >= 15 is 0 Å². The van der Waals surface area contributed by atoms with Crippen molar-refractivity contribution in [2.24, 2.45) is 5.92 Å². The quantitative estimate of drug-likeness (QED) is 0.844. The van der Waals surface area contributed by atoms with Gasteiger partial charge in [-0.3, -0.25) is 0 Å². The second kappa shape index (κ2) is 5.20. The predicted octanol–water partition coefficient (Wildman–Crippen LogP) is 3.99. The van der Waals surface area contributed by atoms with Gasteiger partial charge in [0, 0.05) is 11.4 Å². The minimum Gasteiger partial charge on any atom is -0.390 e. The Hall–Kier alpha value is -0.530. The molecule has 0 spiro atoms. The van der Waals surface area contributed by atoms with Crippen LogP contribution < -0.4 is 0 Å². The molecule has 0 heterocycles. The molecule has 16 heavy (non-hydrogen) atoms. The molecule has 0 amide bonds. The lowest BCUT2D eigenvalue weighted by Crippen LogP contribution is -2.35. The molecule has 0 saturated carbocycles. The van der Waals surface area contributed by atoms with E-state index in [-0.39, 0.29) is 5.92 Å². The van der Waals surface area contributed by atoms with Gasteiger partial charge >= 0.3 is 0 Å². The Kier molecular flexibility index (Phi) is 4.40. The molecule has 0 fully saturated rings. The fourth-order valence-electron chi connectivity index (χ4n) is 1.80. The Labute approximate surface area is 103 Å². The van der Waals surface area contributed by atoms with Gasteiger partial charge in [-0.05, 0) is 37.0 Å². The molecule has 0 radical (unpaired) electrons. The number of rotatable bonds is 4. The van der Waals surface area contributed by atoms with E-state index in [0.29, 0.717) is 6.42 Å². The molecule has 2 unspecified atom stereocenters. The average Bonchev–Trinajstić information content (AvgIpc) is 2.21. The highest BCUT2D eigenvalue weighted by molar-refractivity contribution is 6.31. The van der Waals surface area contributed by atoms with Crippen LogP contribution in [0.15, 0.2) is 18.2 Å². The second-order valence-corrected chi connectivity index (χ2v) is 5.35. The Bertz CT molecular complexity index is 358. The number of hydrogen-bond acceptors (Lipinski definition) is 1. The zero-order chi connectivity index (χ0) is 12.3. The van der Waals surface area contributed by atoms with E-state index < -0.39 is 5.60 Å². The number of halogens is 1. The molecule has 0 bridgehead atoms. The highest BCUT2D eigenvalue weighted by atomic mass is 35.5. The molecule has 2 atom stereocenters. The summed E-state index contributed by atoms with van der Waals surface area (Å²) in [5.74, 6) is 0.268. The third-order valence-corrected chi connectivity index (χ3v) is 3.78. The predicted molar refractivity (Wildman–Crippen MR) is 70.0 cm³/mol. The van der Waals surface area contributed by atoms with Crippen LogP contribution in [0.3, 0.4) is 0 Å². The highest BCUT2D eigenvalue weighted by Crippen LogP contribution is 2.28. The van der Waals surface area contributed by atoms with Gasteiger partial charge in [0.2, 0.25) is 0 Å². The number of aryl methyl sites for hydroxylation is 1. The zero-order valence-corrected chi connectivity index (χ0v) is 11.3. The van der Waals surface area contributed by atoms with Crippen molar-refractivity contribution in [3.8, 4) is 0 Å². The monoisotopic (exact) mass is 240 g/mol. The van der Waals surface area contributed by atoms with Crippen molar-refractivity contribution in [1.29, 1.82) is 0 Å². The van der Waals surface area contributed by atoms with E-state index in [4.69, 9.17) is 11.6 Å². The lowest BCUT2D eigenvalue weighted by atomic mass is 9.83. The summed E-state index contributed by atoms with van der Waals surface area (Å²) in [7, 11) is 0. The van der Waals surface area contributed by atoms with Gasteiger partial charge in [0.1, 0.15) is 0 Å². The molecule has 2 heteroatoms. The highest BCUT2D eigenvalue weighted by Gasteiger charge is 2.27. The van der Waals surface area contributed by atoms with Crippen molar-refractivity contribution in [1.82, 2.24) is 0 Å². The number of benzene rings is 1. The van der Waals surface area contributed by atoms with Crippen molar-refractivity contribution in [3.63, 3.8) is 0 Å². The molecule has 0 saturated heterocycles. The number of hydrogen-bond donors (Lipinski definition) is 1. The third kappa shape index (κ3) is 3.23.